The van der Waals surface area contributed by atoms with Crippen molar-refractivity contribution >= 4 is 5.97 Å². The minimum atomic E-state index is -0.392. The molecule has 5 nitrogen and oxygen atoms in total. The zero-order valence-corrected chi connectivity index (χ0v) is 14.5. The van der Waals surface area contributed by atoms with Crippen molar-refractivity contribution in [2.24, 2.45) is 0 Å². The fraction of sp³-hybridized carbons (Fsp3) is 0.200. The van der Waals surface area contributed by atoms with Crippen molar-refractivity contribution in [3.8, 4) is 22.7 Å². The van der Waals surface area contributed by atoms with Crippen molar-refractivity contribution in [2.75, 3.05) is 13.7 Å². The largest absolute Gasteiger partial charge is 0.497 e. The van der Waals surface area contributed by atoms with Gasteiger partial charge in [-0.3, -0.25) is 0 Å². The summed E-state index contributed by atoms with van der Waals surface area (Å²) >= 11 is 0. The highest BCUT2D eigenvalue weighted by atomic mass is 16.5. The maximum Gasteiger partial charge on any atom is 0.357 e. The molecule has 3 aromatic rings. The van der Waals surface area contributed by atoms with Crippen LogP contribution in [-0.2, 0) is 4.74 Å². The van der Waals surface area contributed by atoms with E-state index in [-0.39, 0.29) is 0 Å². The summed E-state index contributed by atoms with van der Waals surface area (Å²) in [6.07, 6.45) is 0. The summed E-state index contributed by atoms with van der Waals surface area (Å²) in [6, 6.07) is 17.1. The first-order valence-corrected chi connectivity index (χ1v) is 8.11. The van der Waals surface area contributed by atoms with Crippen molar-refractivity contribution in [3.05, 3.63) is 65.9 Å². The zero-order chi connectivity index (χ0) is 17.8. The Labute approximate surface area is 146 Å². The van der Waals surface area contributed by atoms with E-state index in [1.807, 2.05) is 55.5 Å². The molecule has 0 bridgehead atoms. The van der Waals surface area contributed by atoms with E-state index in [1.54, 1.807) is 24.8 Å². The third-order valence-corrected chi connectivity index (χ3v) is 3.83. The SMILES string of the molecule is CCOC(=O)c1cc(-c2ccc(OC)cc2)nn1-c1cccc(C)c1. The fourth-order valence-electron chi connectivity index (χ4n) is 2.59. The molecule has 0 aliphatic rings. The Morgan fingerprint density at radius 2 is 1.88 bits per heavy atom. The van der Waals surface area contributed by atoms with Crippen molar-refractivity contribution in [3.63, 3.8) is 0 Å². The van der Waals surface area contributed by atoms with Gasteiger partial charge >= 0.3 is 5.97 Å². The topological polar surface area (TPSA) is 53.4 Å². The van der Waals surface area contributed by atoms with Gasteiger partial charge in [0.1, 0.15) is 5.75 Å². The van der Waals surface area contributed by atoms with E-state index in [0.29, 0.717) is 18.0 Å². The smallest absolute Gasteiger partial charge is 0.357 e. The van der Waals surface area contributed by atoms with Crippen molar-refractivity contribution in [1.82, 2.24) is 9.78 Å². The van der Waals surface area contributed by atoms with E-state index in [1.165, 1.54) is 0 Å². The van der Waals surface area contributed by atoms with Gasteiger partial charge in [0.05, 0.1) is 25.1 Å². The zero-order valence-electron chi connectivity index (χ0n) is 14.5. The lowest BCUT2D eigenvalue weighted by atomic mass is 10.1. The van der Waals surface area contributed by atoms with Gasteiger partial charge in [0, 0.05) is 5.56 Å². The lowest BCUT2D eigenvalue weighted by Crippen LogP contribution is -2.12. The van der Waals surface area contributed by atoms with E-state index in [4.69, 9.17) is 9.47 Å². The Morgan fingerprint density at radius 1 is 1.12 bits per heavy atom. The Hall–Kier alpha value is -3.08. The first kappa shape index (κ1) is 16.8. The summed E-state index contributed by atoms with van der Waals surface area (Å²) in [5.74, 6) is 0.378. The molecule has 25 heavy (non-hydrogen) atoms. The van der Waals surface area contributed by atoms with Crippen molar-refractivity contribution < 1.29 is 14.3 Å². The number of hydrogen-bond acceptors (Lipinski definition) is 4. The van der Waals surface area contributed by atoms with Gasteiger partial charge in [0.25, 0.3) is 0 Å². The Bertz CT molecular complexity index is 882. The number of nitrogens with zero attached hydrogens (tertiary/aromatic N) is 2. The second-order valence-electron chi connectivity index (χ2n) is 5.61. The molecule has 0 N–H and O–H groups in total. The molecule has 2 aromatic carbocycles. The van der Waals surface area contributed by atoms with Crippen LogP contribution in [-0.4, -0.2) is 29.5 Å². The molecule has 128 valence electrons. The molecule has 1 heterocycles. The van der Waals surface area contributed by atoms with Crippen molar-refractivity contribution in [2.45, 2.75) is 13.8 Å². The molecule has 0 amide bonds. The maximum atomic E-state index is 12.4. The number of carbonyl (C=O) groups is 1. The molecule has 0 saturated heterocycles. The molecular weight excluding hydrogens is 316 g/mol. The average molecular weight is 336 g/mol. The first-order valence-electron chi connectivity index (χ1n) is 8.11. The van der Waals surface area contributed by atoms with Gasteiger partial charge in [-0.05, 0) is 61.9 Å². The number of aryl methyl sites for hydroxylation is 1. The number of methoxy groups -OCH3 is 1. The predicted molar refractivity (Wildman–Crippen MR) is 96.2 cm³/mol. The number of carbonyl (C=O) groups excluding carboxylic acids is 1. The minimum Gasteiger partial charge on any atom is -0.497 e. The van der Waals surface area contributed by atoms with Gasteiger partial charge in [0.15, 0.2) is 5.69 Å². The Balaban J connectivity index is 2.09. The summed E-state index contributed by atoms with van der Waals surface area (Å²) in [5.41, 5.74) is 3.92. The summed E-state index contributed by atoms with van der Waals surface area (Å²) in [6.45, 7) is 4.10. The van der Waals surface area contributed by atoms with Crippen LogP contribution < -0.4 is 4.74 Å². The van der Waals surface area contributed by atoms with E-state index in [0.717, 1.165) is 22.6 Å². The fourth-order valence-corrected chi connectivity index (χ4v) is 2.59. The van der Waals surface area contributed by atoms with E-state index >= 15 is 0 Å². The standard InChI is InChI=1S/C20H20N2O3/c1-4-25-20(23)19-13-18(15-8-10-17(24-3)11-9-15)21-22(19)16-7-5-6-14(2)12-16/h5-13H,4H2,1-3H3. The van der Waals surface area contributed by atoms with Crippen LogP contribution in [0.5, 0.6) is 5.75 Å². The highest BCUT2D eigenvalue weighted by Crippen LogP contribution is 2.24. The highest BCUT2D eigenvalue weighted by Gasteiger charge is 2.18. The summed E-state index contributed by atoms with van der Waals surface area (Å²) in [5, 5.41) is 4.63. The number of aromatic nitrogens is 2. The van der Waals surface area contributed by atoms with E-state index in [2.05, 4.69) is 5.10 Å². The van der Waals surface area contributed by atoms with Crippen LogP contribution in [0.25, 0.3) is 16.9 Å². The van der Waals surface area contributed by atoms with Crippen LogP contribution in [0, 0.1) is 6.92 Å². The Morgan fingerprint density at radius 3 is 2.52 bits per heavy atom. The minimum absolute atomic E-state index is 0.315. The van der Waals surface area contributed by atoms with E-state index in [9.17, 15) is 4.79 Å². The number of hydrogen-bond donors (Lipinski definition) is 0. The summed E-state index contributed by atoms with van der Waals surface area (Å²) in [7, 11) is 1.63. The third-order valence-electron chi connectivity index (χ3n) is 3.83. The van der Waals surface area contributed by atoms with Crippen molar-refractivity contribution in [1.29, 1.82) is 0 Å². The normalized spacial score (nSPS) is 10.5. The molecule has 0 aliphatic carbocycles. The molecule has 5 heteroatoms. The number of benzene rings is 2. The van der Waals surface area contributed by atoms with Crippen LogP contribution in [0.1, 0.15) is 23.0 Å². The molecule has 0 aliphatic heterocycles. The molecule has 1 aromatic heterocycles. The Kier molecular flexibility index (Phi) is 4.84. The van der Waals surface area contributed by atoms with Crippen LogP contribution in [0.15, 0.2) is 54.6 Å². The average Bonchev–Trinajstić information content (AvgIpc) is 3.07. The monoisotopic (exact) mass is 336 g/mol. The summed E-state index contributed by atoms with van der Waals surface area (Å²) < 4.78 is 12.0. The van der Waals surface area contributed by atoms with Gasteiger partial charge in [-0.1, -0.05) is 12.1 Å². The second-order valence-corrected chi connectivity index (χ2v) is 5.61. The number of ether oxygens (including phenoxy) is 2. The molecule has 0 unspecified atom stereocenters. The van der Waals surface area contributed by atoms with Gasteiger partial charge in [-0.2, -0.15) is 5.10 Å². The molecule has 0 saturated carbocycles. The molecular formula is C20H20N2O3. The molecule has 0 atom stereocenters. The van der Waals surface area contributed by atoms with Gasteiger partial charge in [0.2, 0.25) is 0 Å². The lowest BCUT2D eigenvalue weighted by molar-refractivity contribution is 0.0515. The number of rotatable bonds is 5. The summed E-state index contributed by atoms with van der Waals surface area (Å²) in [4.78, 5) is 12.4. The lowest BCUT2D eigenvalue weighted by Gasteiger charge is -2.07. The molecule has 0 radical (unpaired) electrons. The highest BCUT2D eigenvalue weighted by molar-refractivity contribution is 5.89. The third kappa shape index (κ3) is 3.55. The molecule has 0 fully saturated rings. The molecule has 0 spiro atoms. The van der Waals surface area contributed by atoms with Crippen LogP contribution in [0.4, 0.5) is 0 Å². The van der Waals surface area contributed by atoms with Crippen LogP contribution in [0.2, 0.25) is 0 Å². The second kappa shape index (κ2) is 7.21. The van der Waals surface area contributed by atoms with Gasteiger partial charge in [-0.15, -0.1) is 0 Å². The maximum absolute atomic E-state index is 12.4. The first-order chi connectivity index (χ1) is 12.1. The predicted octanol–water partition coefficient (Wildman–Crippen LogP) is 4.03. The number of esters is 1. The van der Waals surface area contributed by atoms with Gasteiger partial charge in [-0.25, -0.2) is 9.48 Å². The quantitative estimate of drug-likeness (QED) is 0.660. The van der Waals surface area contributed by atoms with E-state index < -0.39 is 5.97 Å². The molecule has 3 rings (SSSR count). The van der Waals surface area contributed by atoms with Gasteiger partial charge < -0.3 is 9.47 Å². The van der Waals surface area contributed by atoms with Crippen LogP contribution in [0.3, 0.4) is 0 Å². The van der Waals surface area contributed by atoms with Crippen LogP contribution >= 0.6 is 0 Å².